The van der Waals surface area contributed by atoms with Gasteiger partial charge in [0, 0.05) is 19.2 Å². The number of aryl methyl sites for hydroxylation is 1. The minimum Gasteiger partial charge on any atom is -0.490 e. The normalized spacial score (nSPS) is 10.5. The summed E-state index contributed by atoms with van der Waals surface area (Å²) in [5.74, 6) is 2.12. The molecule has 0 aliphatic carbocycles. The third-order valence-electron chi connectivity index (χ3n) is 2.73. The van der Waals surface area contributed by atoms with Gasteiger partial charge in [0.2, 0.25) is 0 Å². The lowest BCUT2D eigenvalue weighted by molar-refractivity contribution is 0.258. The second kappa shape index (κ2) is 6.19. The van der Waals surface area contributed by atoms with Crippen molar-refractivity contribution in [2.24, 2.45) is 12.8 Å². The van der Waals surface area contributed by atoms with Crippen LogP contribution in [0.2, 0.25) is 0 Å². The van der Waals surface area contributed by atoms with E-state index in [1.165, 1.54) is 0 Å². The summed E-state index contributed by atoms with van der Waals surface area (Å²) in [6.45, 7) is 3.23. The number of rotatable bonds is 6. The van der Waals surface area contributed by atoms with Crippen molar-refractivity contribution >= 4 is 0 Å². The van der Waals surface area contributed by atoms with Crippen molar-refractivity contribution in [3.63, 3.8) is 0 Å². The van der Waals surface area contributed by atoms with Crippen LogP contribution in [0.5, 0.6) is 11.5 Å². The topological polar surface area (TPSA) is 75.2 Å². The molecule has 0 aliphatic rings. The molecule has 0 saturated carbocycles. The van der Waals surface area contributed by atoms with E-state index in [4.69, 9.17) is 15.2 Å². The molecule has 0 aliphatic heterocycles. The Morgan fingerprint density at radius 1 is 1.32 bits per heavy atom. The van der Waals surface area contributed by atoms with Gasteiger partial charge in [-0.2, -0.15) is 0 Å². The molecule has 0 amide bonds. The summed E-state index contributed by atoms with van der Waals surface area (Å²) < 4.78 is 13.2. The van der Waals surface area contributed by atoms with Gasteiger partial charge < -0.3 is 19.8 Å². The van der Waals surface area contributed by atoms with Crippen LogP contribution in [0.1, 0.15) is 18.3 Å². The van der Waals surface area contributed by atoms with E-state index in [9.17, 15) is 0 Å². The molecule has 0 bridgehead atoms. The molecular weight excluding hydrogens is 244 g/mol. The number of aromatic nitrogens is 3. The van der Waals surface area contributed by atoms with E-state index in [0.717, 1.165) is 11.4 Å². The smallest absolute Gasteiger partial charge is 0.170 e. The Bertz CT molecular complexity index is 539. The Morgan fingerprint density at radius 2 is 2.16 bits per heavy atom. The Hall–Kier alpha value is -2.08. The Balaban J connectivity index is 2.20. The van der Waals surface area contributed by atoms with Gasteiger partial charge >= 0.3 is 0 Å². The van der Waals surface area contributed by atoms with Crippen molar-refractivity contribution in [3.8, 4) is 11.5 Å². The number of ether oxygens (including phenoxy) is 2. The van der Waals surface area contributed by atoms with Gasteiger partial charge in [-0.3, -0.25) is 0 Å². The highest BCUT2D eigenvalue weighted by atomic mass is 16.5. The van der Waals surface area contributed by atoms with E-state index < -0.39 is 0 Å². The first-order chi connectivity index (χ1) is 9.26. The number of hydrogen-bond acceptors (Lipinski definition) is 5. The molecule has 2 rings (SSSR count). The number of nitrogens with zero attached hydrogens (tertiary/aromatic N) is 3. The number of benzene rings is 1. The van der Waals surface area contributed by atoms with E-state index in [2.05, 4.69) is 10.2 Å². The highest BCUT2D eigenvalue weighted by molar-refractivity contribution is 5.46. The molecule has 0 spiro atoms. The molecular formula is C13H18N4O2. The standard InChI is InChI=1S/C13H18N4O2/c1-3-18-11-6-4-5-10(7-14)13(11)19-8-12-16-15-9-17(12)2/h4-6,9H,3,7-8,14H2,1-2H3. The molecule has 6 heteroatoms. The van der Waals surface area contributed by atoms with Gasteiger partial charge in [-0.25, -0.2) is 0 Å². The largest absolute Gasteiger partial charge is 0.490 e. The second-order valence-electron chi connectivity index (χ2n) is 4.03. The van der Waals surface area contributed by atoms with Gasteiger partial charge in [-0.05, 0) is 13.0 Å². The van der Waals surface area contributed by atoms with E-state index >= 15 is 0 Å². The molecule has 1 aromatic heterocycles. The van der Waals surface area contributed by atoms with Crippen LogP contribution in [-0.2, 0) is 20.2 Å². The highest BCUT2D eigenvalue weighted by Gasteiger charge is 2.11. The minimum atomic E-state index is 0.327. The van der Waals surface area contributed by atoms with Crippen molar-refractivity contribution in [2.75, 3.05) is 6.61 Å². The maximum atomic E-state index is 5.81. The zero-order valence-electron chi connectivity index (χ0n) is 11.2. The van der Waals surface area contributed by atoms with E-state index in [1.807, 2.05) is 36.7 Å². The molecule has 0 unspecified atom stereocenters. The molecule has 1 aromatic carbocycles. The van der Waals surface area contributed by atoms with Crippen LogP contribution in [0.4, 0.5) is 0 Å². The quantitative estimate of drug-likeness (QED) is 0.848. The van der Waals surface area contributed by atoms with Crippen molar-refractivity contribution in [1.29, 1.82) is 0 Å². The Kier molecular flexibility index (Phi) is 4.35. The van der Waals surface area contributed by atoms with E-state index in [0.29, 0.717) is 31.3 Å². The van der Waals surface area contributed by atoms with Gasteiger partial charge in [-0.15, -0.1) is 10.2 Å². The van der Waals surface area contributed by atoms with Crippen molar-refractivity contribution in [2.45, 2.75) is 20.1 Å². The van der Waals surface area contributed by atoms with Crippen LogP contribution in [0, 0.1) is 0 Å². The van der Waals surface area contributed by atoms with Crippen molar-refractivity contribution in [1.82, 2.24) is 14.8 Å². The lowest BCUT2D eigenvalue weighted by Crippen LogP contribution is -2.08. The lowest BCUT2D eigenvalue weighted by atomic mass is 10.2. The Labute approximate surface area is 112 Å². The second-order valence-corrected chi connectivity index (χ2v) is 4.03. The van der Waals surface area contributed by atoms with Gasteiger partial charge in [0.15, 0.2) is 17.3 Å². The molecule has 6 nitrogen and oxygen atoms in total. The summed E-state index contributed by atoms with van der Waals surface area (Å²) in [5, 5.41) is 7.79. The van der Waals surface area contributed by atoms with Gasteiger partial charge in [0.25, 0.3) is 0 Å². The van der Waals surface area contributed by atoms with Crippen molar-refractivity contribution in [3.05, 3.63) is 35.9 Å². The fourth-order valence-electron chi connectivity index (χ4n) is 1.73. The monoisotopic (exact) mass is 262 g/mol. The molecule has 0 atom stereocenters. The number of para-hydroxylation sites is 1. The van der Waals surface area contributed by atoms with E-state index in [-0.39, 0.29) is 0 Å². The van der Waals surface area contributed by atoms with Gasteiger partial charge in [0.05, 0.1) is 6.61 Å². The minimum absolute atomic E-state index is 0.327. The van der Waals surface area contributed by atoms with Crippen molar-refractivity contribution < 1.29 is 9.47 Å². The lowest BCUT2D eigenvalue weighted by Gasteiger charge is -2.14. The van der Waals surface area contributed by atoms with Crippen LogP contribution in [-0.4, -0.2) is 21.4 Å². The summed E-state index contributed by atoms with van der Waals surface area (Å²) in [7, 11) is 1.87. The van der Waals surface area contributed by atoms with Crippen LogP contribution in [0.25, 0.3) is 0 Å². The van der Waals surface area contributed by atoms with Crippen LogP contribution in [0.3, 0.4) is 0 Å². The summed E-state index contributed by atoms with van der Waals surface area (Å²) in [5.41, 5.74) is 6.64. The van der Waals surface area contributed by atoms with Crippen LogP contribution in [0.15, 0.2) is 24.5 Å². The Morgan fingerprint density at radius 3 is 2.79 bits per heavy atom. The van der Waals surface area contributed by atoms with E-state index in [1.54, 1.807) is 6.33 Å². The predicted molar refractivity (Wildman–Crippen MR) is 70.8 cm³/mol. The number of nitrogens with two attached hydrogens (primary N) is 1. The average molecular weight is 262 g/mol. The molecule has 2 N–H and O–H groups in total. The van der Waals surface area contributed by atoms with Crippen LogP contribution >= 0.6 is 0 Å². The van der Waals surface area contributed by atoms with Gasteiger partial charge in [-0.1, -0.05) is 12.1 Å². The summed E-state index contributed by atoms with van der Waals surface area (Å²) >= 11 is 0. The molecule has 0 saturated heterocycles. The highest BCUT2D eigenvalue weighted by Crippen LogP contribution is 2.31. The number of hydrogen-bond donors (Lipinski definition) is 1. The summed E-state index contributed by atoms with van der Waals surface area (Å²) in [6.07, 6.45) is 1.64. The van der Waals surface area contributed by atoms with Gasteiger partial charge in [0.1, 0.15) is 12.9 Å². The third kappa shape index (κ3) is 3.03. The average Bonchev–Trinajstić information content (AvgIpc) is 2.83. The molecule has 19 heavy (non-hydrogen) atoms. The van der Waals surface area contributed by atoms with Crippen LogP contribution < -0.4 is 15.2 Å². The molecule has 102 valence electrons. The fourth-order valence-corrected chi connectivity index (χ4v) is 1.73. The first-order valence-electron chi connectivity index (χ1n) is 6.16. The maximum Gasteiger partial charge on any atom is 0.170 e. The molecule has 0 radical (unpaired) electrons. The third-order valence-corrected chi connectivity index (χ3v) is 2.73. The zero-order chi connectivity index (χ0) is 13.7. The predicted octanol–water partition coefficient (Wildman–Crippen LogP) is 1.25. The molecule has 0 fully saturated rings. The fraction of sp³-hybridized carbons (Fsp3) is 0.385. The maximum absolute atomic E-state index is 5.81. The molecule has 1 heterocycles. The zero-order valence-corrected chi connectivity index (χ0v) is 11.2. The first-order valence-corrected chi connectivity index (χ1v) is 6.16. The summed E-state index contributed by atoms with van der Waals surface area (Å²) in [4.78, 5) is 0. The molecule has 2 aromatic rings. The SMILES string of the molecule is CCOc1cccc(CN)c1OCc1nncn1C. The first kappa shape index (κ1) is 13.4. The summed E-state index contributed by atoms with van der Waals surface area (Å²) in [6, 6.07) is 5.70.